The zero-order chi connectivity index (χ0) is 15.5. The lowest BCUT2D eigenvalue weighted by Gasteiger charge is -2.18. The second-order valence-corrected chi connectivity index (χ2v) is 5.51. The molecule has 110 valence electrons. The van der Waals surface area contributed by atoms with E-state index in [4.69, 9.17) is 14.7 Å². The van der Waals surface area contributed by atoms with Gasteiger partial charge in [-0.05, 0) is 35.7 Å². The van der Waals surface area contributed by atoms with Crippen molar-refractivity contribution in [3.05, 3.63) is 46.3 Å². The minimum absolute atomic E-state index is 0.193. The normalized spacial score (nSPS) is 12.5. The molecule has 3 rings (SSSR count). The van der Waals surface area contributed by atoms with Gasteiger partial charge in [0.2, 0.25) is 0 Å². The van der Waals surface area contributed by atoms with E-state index in [1.54, 1.807) is 24.6 Å². The molecule has 0 unspecified atom stereocenters. The Hall–Kier alpha value is -2.78. The van der Waals surface area contributed by atoms with Gasteiger partial charge in [-0.15, -0.1) is 11.3 Å². The molecule has 0 atom stereocenters. The summed E-state index contributed by atoms with van der Waals surface area (Å²) in [6.45, 7) is 0.193. The van der Waals surface area contributed by atoms with Crippen molar-refractivity contribution >= 4 is 28.3 Å². The quantitative estimate of drug-likeness (QED) is 0.945. The van der Waals surface area contributed by atoms with Crippen LogP contribution in [-0.4, -0.2) is 19.6 Å². The Morgan fingerprint density at radius 2 is 2.32 bits per heavy atom. The molecule has 0 saturated heterocycles. The van der Waals surface area contributed by atoms with Crippen LogP contribution in [0.25, 0.3) is 6.08 Å². The molecule has 1 amide bonds. The maximum absolute atomic E-state index is 12.3. The molecule has 0 bridgehead atoms. The van der Waals surface area contributed by atoms with Crippen LogP contribution < -0.4 is 14.8 Å². The molecule has 2 heterocycles. The lowest BCUT2D eigenvalue weighted by molar-refractivity contribution is -0.113. The molecule has 1 aliphatic rings. The van der Waals surface area contributed by atoms with Gasteiger partial charge in [-0.3, -0.25) is 4.79 Å². The van der Waals surface area contributed by atoms with Crippen molar-refractivity contribution in [3.8, 4) is 17.6 Å². The first kappa shape index (κ1) is 14.2. The van der Waals surface area contributed by atoms with Gasteiger partial charge in [-0.25, -0.2) is 0 Å². The first-order chi connectivity index (χ1) is 10.7. The van der Waals surface area contributed by atoms with Crippen molar-refractivity contribution < 1.29 is 14.3 Å². The largest absolute Gasteiger partial charge is 0.497 e. The molecular weight excluding hydrogens is 300 g/mol. The fourth-order valence-electron chi connectivity index (χ4n) is 2.09. The number of carbonyl (C=O) groups excluding carboxylic acids is 1. The molecule has 6 heteroatoms. The van der Waals surface area contributed by atoms with Gasteiger partial charge in [0.1, 0.15) is 29.2 Å². The Balaban J connectivity index is 1.84. The summed E-state index contributed by atoms with van der Waals surface area (Å²) in [5.41, 5.74) is 1.75. The van der Waals surface area contributed by atoms with Crippen LogP contribution in [0.4, 0.5) is 5.00 Å². The van der Waals surface area contributed by atoms with Gasteiger partial charge < -0.3 is 14.8 Å². The van der Waals surface area contributed by atoms with Crippen LogP contribution in [0.3, 0.4) is 0 Å². The number of rotatable bonds is 3. The minimum atomic E-state index is -0.271. The number of ether oxygens (including phenoxy) is 2. The number of nitriles is 1. The van der Waals surface area contributed by atoms with Gasteiger partial charge in [-0.2, -0.15) is 5.26 Å². The van der Waals surface area contributed by atoms with E-state index in [2.05, 4.69) is 5.32 Å². The van der Waals surface area contributed by atoms with E-state index in [1.807, 2.05) is 24.3 Å². The van der Waals surface area contributed by atoms with Crippen LogP contribution in [-0.2, 0) is 4.79 Å². The lowest BCUT2D eigenvalue weighted by atomic mass is 10.1. The Bertz CT molecular complexity index is 802. The molecule has 2 aromatic rings. The number of thiophene rings is 1. The monoisotopic (exact) mass is 312 g/mol. The molecule has 0 saturated carbocycles. The average Bonchev–Trinajstić information content (AvgIpc) is 3.00. The minimum Gasteiger partial charge on any atom is -0.497 e. The number of nitrogens with one attached hydrogen (secondary N) is 1. The highest BCUT2D eigenvalue weighted by molar-refractivity contribution is 7.14. The van der Waals surface area contributed by atoms with E-state index in [1.165, 1.54) is 11.3 Å². The van der Waals surface area contributed by atoms with Crippen LogP contribution in [0.15, 0.2) is 35.2 Å². The number of hydrogen-bond acceptors (Lipinski definition) is 5. The van der Waals surface area contributed by atoms with Crippen molar-refractivity contribution in [3.63, 3.8) is 0 Å². The fraction of sp³-hybridized carbons (Fsp3) is 0.125. The number of benzene rings is 1. The van der Waals surface area contributed by atoms with Crippen molar-refractivity contribution in [2.24, 2.45) is 0 Å². The number of anilines is 1. The van der Waals surface area contributed by atoms with Gasteiger partial charge in [0.25, 0.3) is 5.91 Å². The topological polar surface area (TPSA) is 71.3 Å². The van der Waals surface area contributed by atoms with E-state index >= 15 is 0 Å². The van der Waals surface area contributed by atoms with E-state index in [9.17, 15) is 4.79 Å². The standard InChI is InChI=1S/C16H12N2O3S/c1-20-13-2-3-14-11(7-13)6-12(9-21-14)15(19)18-16-10(8-17)4-5-22-16/h2-7H,9H2,1H3,(H,18,19). The number of carbonyl (C=O) groups is 1. The van der Waals surface area contributed by atoms with Gasteiger partial charge >= 0.3 is 0 Å². The van der Waals surface area contributed by atoms with Gasteiger partial charge in [-0.1, -0.05) is 0 Å². The number of nitrogens with zero attached hydrogens (tertiary/aromatic N) is 1. The van der Waals surface area contributed by atoms with Crippen molar-refractivity contribution in [2.45, 2.75) is 0 Å². The van der Waals surface area contributed by atoms with Crippen molar-refractivity contribution in [1.82, 2.24) is 0 Å². The Labute approximate surface area is 131 Å². The molecule has 1 aromatic carbocycles. The predicted octanol–water partition coefficient (Wildman–Crippen LogP) is 3.04. The van der Waals surface area contributed by atoms with Crippen molar-refractivity contribution in [2.75, 3.05) is 19.0 Å². The van der Waals surface area contributed by atoms with E-state index in [-0.39, 0.29) is 12.5 Å². The summed E-state index contributed by atoms with van der Waals surface area (Å²) < 4.78 is 10.8. The molecule has 0 aliphatic carbocycles. The molecule has 1 aromatic heterocycles. The highest BCUT2D eigenvalue weighted by atomic mass is 32.1. The highest BCUT2D eigenvalue weighted by Crippen LogP contribution is 2.30. The summed E-state index contributed by atoms with van der Waals surface area (Å²) in [4.78, 5) is 12.3. The van der Waals surface area contributed by atoms with Crippen LogP contribution in [0, 0.1) is 11.3 Å². The molecule has 0 spiro atoms. The number of hydrogen-bond donors (Lipinski definition) is 1. The number of amides is 1. The third-order valence-corrected chi connectivity index (χ3v) is 4.06. The Kier molecular flexibility index (Phi) is 3.81. The van der Waals surface area contributed by atoms with Gasteiger partial charge in [0.05, 0.1) is 18.2 Å². The van der Waals surface area contributed by atoms with Gasteiger partial charge in [0.15, 0.2) is 0 Å². The maximum Gasteiger partial charge on any atom is 0.255 e. The zero-order valence-electron chi connectivity index (χ0n) is 11.8. The molecule has 5 nitrogen and oxygen atoms in total. The fourth-order valence-corrected chi connectivity index (χ4v) is 2.82. The lowest BCUT2D eigenvalue weighted by Crippen LogP contribution is -2.21. The summed E-state index contributed by atoms with van der Waals surface area (Å²) in [6, 6.07) is 9.15. The maximum atomic E-state index is 12.3. The second kappa shape index (κ2) is 5.92. The first-order valence-electron chi connectivity index (χ1n) is 6.51. The van der Waals surface area contributed by atoms with E-state index < -0.39 is 0 Å². The molecule has 1 aliphatic heterocycles. The summed E-state index contributed by atoms with van der Waals surface area (Å²) in [6.07, 6.45) is 1.77. The summed E-state index contributed by atoms with van der Waals surface area (Å²) in [5.74, 6) is 1.14. The van der Waals surface area contributed by atoms with Crippen LogP contribution in [0.1, 0.15) is 11.1 Å². The Morgan fingerprint density at radius 1 is 1.45 bits per heavy atom. The molecule has 22 heavy (non-hydrogen) atoms. The molecule has 1 N–H and O–H groups in total. The van der Waals surface area contributed by atoms with Crippen LogP contribution in [0.5, 0.6) is 11.5 Å². The number of methoxy groups -OCH3 is 1. The third-order valence-electron chi connectivity index (χ3n) is 3.23. The van der Waals surface area contributed by atoms with E-state index in [0.29, 0.717) is 27.6 Å². The summed E-state index contributed by atoms with van der Waals surface area (Å²) in [5, 5.41) is 14.0. The summed E-state index contributed by atoms with van der Waals surface area (Å²) in [7, 11) is 1.59. The van der Waals surface area contributed by atoms with Crippen LogP contribution in [0.2, 0.25) is 0 Å². The van der Waals surface area contributed by atoms with Crippen LogP contribution >= 0.6 is 11.3 Å². The highest BCUT2D eigenvalue weighted by Gasteiger charge is 2.19. The zero-order valence-corrected chi connectivity index (χ0v) is 12.6. The second-order valence-electron chi connectivity index (χ2n) is 4.59. The first-order valence-corrected chi connectivity index (χ1v) is 7.39. The SMILES string of the molecule is COc1ccc2c(c1)C=C(C(=O)Nc1sccc1C#N)CO2. The smallest absolute Gasteiger partial charge is 0.255 e. The third kappa shape index (κ3) is 2.67. The molecule has 0 fully saturated rings. The molecule has 0 radical (unpaired) electrons. The number of fused-ring (bicyclic) bond motifs is 1. The molecular formula is C16H12N2O3S. The van der Waals surface area contributed by atoms with Gasteiger partial charge in [0, 0.05) is 5.56 Å². The average molecular weight is 312 g/mol. The van der Waals surface area contributed by atoms with E-state index in [0.717, 1.165) is 5.56 Å². The predicted molar refractivity (Wildman–Crippen MR) is 84.1 cm³/mol. The summed E-state index contributed by atoms with van der Waals surface area (Å²) >= 11 is 1.32. The Morgan fingerprint density at radius 3 is 3.09 bits per heavy atom. The van der Waals surface area contributed by atoms with Crippen molar-refractivity contribution in [1.29, 1.82) is 5.26 Å².